The lowest BCUT2D eigenvalue weighted by Gasteiger charge is -2.16. The van der Waals surface area contributed by atoms with Crippen LogP contribution in [0, 0.1) is 19.3 Å². The van der Waals surface area contributed by atoms with Gasteiger partial charge in [0, 0.05) is 16.6 Å². The highest BCUT2D eigenvalue weighted by molar-refractivity contribution is 7.93. The molecule has 8 heteroatoms. The van der Waals surface area contributed by atoms with Crippen molar-refractivity contribution in [2.45, 2.75) is 25.2 Å². The summed E-state index contributed by atoms with van der Waals surface area (Å²) in [6.07, 6.45) is 0.128. The van der Waals surface area contributed by atoms with Crippen LogP contribution in [-0.2, 0) is 21.2 Å². The van der Waals surface area contributed by atoms with Gasteiger partial charge in [-0.1, -0.05) is 66.7 Å². The average molecular weight is 487 g/mol. The highest BCUT2D eigenvalue weighted by atomic mass is 32.2. The van der Waals surface area contributed by atoms with Crippen LogP contribution >= 0.6 is 0 Å². The molecule has 0 spiro atoms. The summed E-state index contributed by atoms with van der Waals surface area (Å²) in [5.41, 5.74) is 9.31. The molecule has 0 aliphatic carbocycles. The van der Waals surface area contributed by atoms with Crippen molar-refractivity contribution in [1.29, 1.82) is 5.41 Å². The summed E-state index contributed by atoms with van der Waals surface area (Å²) < 4.78 is 29.3. The van der Waals surface area contributed by atoms with E-state index in [9.17, 15) is 13.2 Å². The Labute approximate surface area is 204 Å². The minimum absolute atomic E-state index is 0.0326. The first kappa shape index (κ1) is 24.0. The fraction of sp³-hybridized carbons (Fsp3) is 0.111. The molecule has 35 heavy (non-hydrogen) atoms. The molecule has 5 N–H and O–H groups in total. The molecule has 4 rings (SSSR count). The molecule has 0 heterocycles. The molecule has 7 nitrogen and oxygen atoms in total. The zero-order valence-corrected chi connectivity index (χ0v) is 20.2. The number of aryl methyl sites for hydroxylation is 2. The molecule has 4 aromatic rings. The van der Waals surface area contributed by atoms with Gasteiger partial charge in [0.05, 0.1) is 17.0 Å². The number of fused-ring (bicyclic) bond motifs is 1. The normalized spacial score (nSPS) is 11.3. The van der Waals surface area contributed by atoms with E-state index >= 15 is 0 Å². The van der Waals surface area contributed by atoms with Crippen LogP contribution in [0.4, 0.5) is 11.4 Å². The Balaban J connectivity index is 1.57. The zero-order valence-electron chi connectivity index (χ0n) is 19.4. The van der Waals surface area contributed by atoms with E-state index in [1.807, 2.05) is 38.1 Å². The zero-order chi connectivity index (χ0) is 25.2. The molecular formula is C27H26N4O3S. The van der Waals surface area contributed by atoms with Gasteiger partial charge in [-0.3, -0.25) is 14.9 Å². The van der Waals surface area contributed by atoms with E-state index in [-0.39, 0.29) is 23.1 Å². The molecule has 0 atom stereocenters. The number of carbonyl (C=O) groups excluding carboxylic acids is 1. The van der Waals surface area contributed by atoms with E-state index in [0.29, 0.717) is 22.3 Å². The second kappa shape index (κ2) is 9.60. The minimum Gasteiger partial charge on any atom is -0.384 e. The van der Waals surface area contributed by atoms with Gasteiger partial charge < -0.3 is 11.1 Å². The van der Waals surface area contributed by atoms with Gasteiger partial charge >= 0.3 is 0 Å². The molecule has 0 aromatic heterocycles. The second-order valence-electron chi connectivity index (χ2n) is 8.40. The SMILES string of the molecule is Cc1cc(C)c(NS(=O)(=O)c2cccc3ccccc23)cc1NC(=O)Cc1ccc(C(=N)N)cc1. The third-order valence-electron chi connectivity index (χ3n) is 5.76. The molecule has 0 radical (unpaired) electrons. The third kappa shape index (κ3) is 5.33. The smallest absolute Gasteiger partial charge is 0.262 e. The number of benzene rings is 4. The fourth-order valence-corrected chi connectivity index (χ4v) is 5.26. The van der Waals surface area contributed by atoms with Crippen LogP contribution < -0.4 is 15.8 Å². The van der Waals surface area contributed by atoms with Crippen molar-refractivity contribution < 1.29 is 13.2 Å². The number of sulfonamides is 1. The van der Waals surface area contributed by atoms with Crippen LogP contribution in [0.5, 0.6) is 0 Å². The summed E-state index contributed by atoms with van der Waals surface area (Å²) in [6, 6.07) is 22.8. The van der Waals surface area contributed by atoms with Crippen molar-refractivity contribution in [3.05, 3.63) is 101 Å². The lowest BCUT2D eigenvalue weighted by atomic mass is 10.1. The Bertz CT molecular complexity index is 1540. The Hall–Kier alpha value is -4.17. The maximum absolute atomic E-state index is 13.3. The fourth-order valence-electron chi connectivity index (χ4n) is 3.91. The molecule has 0 saturated carbocycles. The molecule has 4 aromatic carbocycles. The van der Waals surface area contributed by atoms with E-state index in [1.165, 1.54) is 0 Å². The second-order valence-corrected chi connectivity index (χ2v) is 10.1. The van der Waals surface area contributed by atoms with Crippen molar-refractivity contribution >= 4 is 43.9 Å². The van der Waals surface area contributed by atoms with Gasteiger partial charge in [0.1, 0.15) is 5.84 Å². The Morgan fingerprint density at radius 3 is 2.26 bits per heavy atom. The number of hydrogen-bond donors (Lipinski definition) is 4. The number of nitrogens with one attached hydrogen (secondary N) is 3. The van der Waals surface area contributed by atoms with Crippen molar-refractivity contribution in [1.82, 2.24) is 0 Å². The van der Waals surface area contributed by atoms with Crippen LogP contribution in [0.1, 0.15) is 22.3 Å². The van der Waals surface area contributed by atoms with Gasteiger partial charge in [0.2, 0.25) is 5.91 Å². The van der Waals surface area contributed by atoms with E-state index in [1.54, 1.807) is 54.6 Å². The summed E-state index contributed by atoms with van der Waals surface area (Å²) in [4.78, 5) is 12.9. The number of rotatable bonds is 7. The van der Waals surface area contributed by atoms with Crippen molar-refractivity contribution in [3.8, 4) is 0 Å². The molecule has 0 fully saturated rings. The summed E-state index contributed by atoms with van der Waals surface area (Å²) in [5.74, 6) is -0.273. The minimum atomic E-state index is -3.87. The van der Waals surface area contributed by atoms with E-state index in [0.717, 1.165) is 22.1 Å². The van der Waals surface area contributed by atoms with Gasteiger partial charge in [0.15, 0.2) is 0 Å². The van der Waals surface area contributed by atoms with Crippen LogP contribution in [0.3, 0.4) is 0 Å². The maximum Gasteiger partial charge on any atom is 0.262 e. The first-order chi connectivity index (χ1) is 16.6. The topological polar surface area (TPSA) is 125 Å². The Morgan fingerprint density at radius 1 is 0.886 bits per heavy atom. The summed E-state index contributed by atoms with van der Waals surface area (Å²) in [5, 5.41) is 11.8. The number of nitrogens with two attached hydrogens (primary N) is 1. The highest BCUT2D eigenvalue weighted by Gasteiger charge is 2.19. The largest absolute Gasteiger partial charge is 0.384 e. The predicted molar refractivity (Wildman–Crippen MR) is 140 cm³/mol. The van der Waals surface area contributed by atoms with Crippen LogP contribution in [0.2, 0.25) is 0 Å². The summed E-state index contributed by atoms with van der Waals surface area (Å²) in [7, 11) is -3.87. The van der Waals surface area contributed by atoms with Gasteiger partial charge in [-0.15, -0.1) is 0 Å². The standard InChI is InChI=1S/C27H26N4O3S/c1-17-14-18(2)24(31-35(33,34)25-9-5-7-20-6-3-4-8-22(20)25)16-23(17)30-26(32)15-19-10-12-21(13-11-19)27(28)29/h3-14,16,31H,15H2,1-2H3,(H3,28,29)(H,30,32). The van der Waals surface area contributed by atoms with Gasteiger partial charge in [0.25, 0.3) is 10.0 Å². The van der Waals surface area contributed by atoms with Crippen molar-refractivity contribution in [3.63, 3.8) is 0 Å². The lowest BCUT2D eigenvalue weighted by Crippen LogP contribution is -2.17. The van der Waals surface area contributed by atoms with E-state index < -0.39 is 10.0 Å². The Kier molecular flexibility index (Phi) is 6.57. The molecule has 0 bridgehead atoms. The quantitative estimate of drug-likeness (QED) is 0.223. The molecule has 178 valence electrons. The van der Waals surface area contributed by atoms with Crippen LogP contribution in [0.15, 0.2) is 83.8 Å². The Morgan fingerprint density at radius 2 is 1.54 bits per heavy atom. The first-order valence-corrected chi connectivity index (χ1v) is 12.5. The van der Waals surface area contributed by atoms with E-state index in [2.05, 4.69) is 10.0 Å². The monoisotopic (exact) mass is 486 g/mol. The van der Waals surface area contributed by atoms with Crippen LogP contribution in [-0.4, -0.2) is 20.2 Å². The first-order valence-electron chi connectivity index (χ1n) is 11.0. The van der Waals surface area contributed by atoms with Gasteiger partial charge in [-0.25, -0.2) is 8.42 Å². The molecule has 1 amide bonds. The predicted octanol–water partition coefficient (Wildman–Crippen LogP) is 4.72. The molecule has 0 saturated heterocycles. The number of hydrogen-bond acceptors (Lipinski definition) is 4. The van der Waals surface area contributed by atoms with Gasteiger partial charge in [-0.05, 0) is 48.1 Å². The average Bonchev–Trinajstić information content (AvgIpc) is 2.82. The van der Waals surface area contributed by atoms with Crippen molar-refractivity contribution in [2.75, 3.05) is 10.0 Å². The molecule has 0 unspecified atom stereocenters. The van der Waals surface area contributed by atoms with Crippen LogP contribution in [0.25, 0.3) is 10.8 Å². The number of anilines is 2. The molecule has 0 aliphatic rings. The number of nitrogen functional groups attached to an aromatic ring is 1. The van der Waals surface area contributed by atoms with Gasteiger partial charge in [-0.2, -0.15) is 0 Å². The number of carbonyl (C=O) groups is 1. The third-order valence-corrected chi connectivity index (χ3v) is 7.18. The number of amidine groups is 1. The summed E-state index contributed by atoms with van der Waals surface area (Å²) in [6.45, 7) is 3.67. The molecular weight excluding hydrogens is 460 g/mol. The summed E-state index contributed by atoms with van der Waals surface area (Å²) >= 11 is 0. The molecule has 0 aliphatic heterocycles. The van der Waals surface area contributed by atoms with E-state index in [4.69, 9.17) is 11.1 Å². The lowest BCUT2D eigenvalue weighted by molar-refractivity contribution is -0.115. The maximum atomic E-state index is 13.3. The highest BCUT2D eigenvalue weighted by Crippen LogP contribution is 2.29. The van der Waals surface area contributed by atoms with Crippen molar-refractivity contribution in [2.24, 2.45) is 5.73 Å². The number of amides is 1.